The Labute approximate surface area is 158 Å². The standard InChI is InChI=1S/C21H22ClN3O/c1-14-7-11-25(12-8-14)20(18-6-2-3-9-23-18)16-13-17(22)15-5-4-10-24-19(15)21(16)26/h2-6,9-10,13-14,20,26H,7-8,11-12H2,1H3/t20-/m1/s1. The minimum Gasteiger partial charge on any atom is -0.505 e. The van der Waals surface area contributed by atoms with Gasteiger partial charge in [-0.15, -0.1) is 0 Å². The van der Waals surface area contributed by atoms with Crippen LogP contribution in [0.5, 0.6) is 5.75 Å². The van der Waals surface area contributed by atoms with Crippen molar-refractivity contribution in [3.05, 3.63) is 65.1 Å². The summed E-state index contributed by atoms with van der Waals surface area (Å²) in [6, 6.07) is 11.4. The first-order valence-electron chi connectivity index (χ1n) is 9.06. The molecule has 0 bridgehead atoms. The predicted molar refractivity (Wildman–Crippen MR) is 104 cm³/mol. The minimum absolute atomic E-state index is 0.132. The first kappa shape index (κ1) is 17.3. The Bertz CT molecular complexity index is 908. The van der Waals surface area contributed by atoms with Crippen molar-refractivity contribution in [1.29, 1.82) is 0 Å². The number of rotatable bonds is 3. The third kappa shape index (κ3) is 3.15. The largest absolute Gasteiger partial charge is 0.505 e. The number of aromatic hydroxyl groups is 1. The Hall–Kier alpha value is -2.17. The molecule has 5 heteroatoms. The predicted octanol–water partition coefficient (Wildman–Crippen LogP) is 4.81. The van der Waals surface area contributed by atoms with Gasteiger partial charge in [-0.3, -0.25) is 14.9 Å². The average molecular weight is 368 g/mol. The summed E-state index contributed by atoms with van der Waals surface area (Å²) < 4.78 is 0. The van der Waals surface area contributed by atoms with Crippen LogP contribution >= 0.6 is 11.6 Å². The van der Waals surface area contributed by atoms with Gasteiger partial charge in [-0.05, 0) is 62.2 Å². The van der Waals surface area contributed by atoms with Crippen molar-refractivity contribution in [2.75, 3.05) is 13.1 Å². The Morgan fingerprint density at radius 2 is 1.88 bits per heavy atom. The van der Waals surface area contributed by atoms with Crippen LogP contribution in [0.4, 0.5) is 0 Å². The van der Waals surface area contributed by atoms with E-state index < -0.39 is 0 Å². The molecule has 2 aromatic heterocycles. The van der Waals surface area contributed by atoms with Crippen molar-refractivity contribution < 1.29 is 5.11 Å². The van der Waals surface area contributed by atoms with Gasteiger partial charge in [0.15, 0.2) is 0 Å². The number of hydrogen-bond donors (Lipinski definition) is 1. The molecule has 26 heavy (non-hydrogen) atoms. The van der Waals surface area contributed by atoms with Gasteiger partial charge in [0.25, 0.3) is 0 Å². The highest BCUT2D eigenvalue weighted by atomic mass is 35.5. The highest BCUT2D eigenvalue weighted by Crippen LogP contribution is 2.41. The molecule has 1 aliphatic rings. The average Bonchev–Trinajstić information content (AvgIpc) is 2.68. The smallest absolute Gasteiger partial charge is 0.147 e. The molecule has 1 N–H and O–H groups in total. The van der Waals surface area contributed by atoms with Crippen LogP contribution in [0.2, 0.25) is 5.02 Å². The lowest BCUT2D eigenvalue weighted by Crippen LogP contribution is -2.37. The maximum atomic E-state index is 11.0. The fourth-order valence-corrected chi connectivity index (χ4v) is 4.05. The molecule has 1 fully saturated rings. The number of halogens is 1. The second-order valence-corrected chi connectivity index (χ2v) is 7.48. The molecule has 1 aliphatic heterocycles. The third-order valence-corrected chi connectivity index (χ3v) is 5.60. The van der Waals surface area contributed by atoms with Crippen molar-refractivity contribution in [2.45, 2.75) is 25.8 Å². The van der Waals surface area contributed by atoms with Crippen LogP contribution in [-0.4, -0.2) is 33.1 Å². The first-order chi connectivity index (χ1) is 12.6. The first-order valence-corrected chi connectivity index (χ1v) is 9.44. The molecule has 1 atom stereocenters. The number of phenols is 1. The van der Waals surface area contributed by atoms with Gasteiger partial charge in [0.2, 0.25) is 0 Å². The minimum atomic E-state index is -0.132. The molecule has 0 amide bonds. The van der Waals surface area contributed by atoms with E-state index >= 15 is 0 Å². The van der Waals surface area contributed by atoms with Gasteiger partial charge in [-0.25, -0.2) is 0 Å². The number of nitrogens with zero attached hydrogens (tertiary/aromatic N) is 3. The Morgan fingerprint density at radius 1 is 1.12 bits per heavy atom. The number of phenolic OH excluding ortho intramolecular Hbond substituents is 1. The SMILES string of the molecule is CC1CCN([C@@H](c2ccccn2)c2cc(Cl)c3cccnc3c2O)CC1. The van der Waals surface area contributed by atoms with Crippen LogP contribution in [0.15, 0.2) is 48.8 Å². The van der Waals surface area contributed by atoms with Crippen LogP contribution in [0.3, 0.4) is 0 Å². The van der Waals surface area contributed by atoms with Gasteiger partial charge >= 0.3 is 0 Å². The van der Waals surface area contributed by atoms with E-state index in [-0.39, 0.29) is 11.8 Å². The molecule has 1 aromatic carbocycles. The molecule has 134 valence electrons. The summed E-state index contributed by atoms with van der Waals surface area (Å²) in [5, 5.41) is 12.4. The highest BCUT2D eigenvalue weighted by molar-refractivity contribution is 6.35. The van der Waals surface area contributed by atoms with E-state index in [9.17, 15) is 5.11 Å². The molecular formula is C21H22ClN3O. The molecular weight excluding hydrogens is 346 g/mol. The number of likely N-dealkylation sites (tertiary alicyclic amines) is 1. The molecule has 0 saturated carbocycles. The van der Waals surface area contributed by atoms with E-state index in [1.807, 2.05) is 36.4 Å². The lowest BCUT2D eigenvalue weighted by molar-refractivity contribution is 0.154. The fourth-order valence-electron chi connectivity index (χ4n) is 3.78. The molecule has 0 spiro atoms. The van der Waals surface area contributed by atoms with Crippen LogP contribution in [-0.2, 0) is 0 Å². The quantitative estimate of drug-likeness (QED) is 0.721. The van der Waals surface area contributed by atoms with Gasteiger partial charge in [0.1, 0.15) is 11.3 Å². The van der Waals surface area contributed by atoms with Gasteiger partial charge in [-0.2, -0.15) is 0 Å². The molecule has 0 radical (unpaired) electrons. The lowest BCUT2D eigenvalue weighted by atomic mass is 9.93. The maximum absolute atomic E-state index is 11.0. The zero-order chi connectivity index (χ0) is 18.1. The number of aromatic nitrogens is 2. The van der Waals surface area contributed by atoms with Crippen LogP contribution in [0, 0.1) is 5.92 Å². The van der Waals surface area contributed by atoms with Crippen molar-refractivity contribution in [3.63, 3.8) is 0 Å². The fraction of sp³-hybridized carbons (Fsp3) is 0.333. The second kappa shape index (κ2) is 7.22. The normalized spacial score (nSPS) is 17.5. The van der Waals surface area contributed by atoms with Gasteiger partial charge in [0, 0.05) is 23.3 Å². The molecule has 3 heterocycles. The summed E-state index contributed by atoms with van der Waals surface area (Å²) in [7, 11) is 0. The second-order valence-electron chi connectivity index (χ2n) is 7.07. The van der Waals surface area contributed by atoms with E-state index in [0.717, 1.165) is 48.5 Å². The Kier molecular flexibility index (Phi) is 4.79. The molecule has 4 rings (SSSR count). The zero-order valence-electron chi connectivity index (χ0n) is 14.8. The van der Waals surface area contributed by atoms with E-state index in [0.29, 0.717) is 10.5 Å². The van der Waals surface area contributed by atoms with Crippen molar-refractivity contribution in [1.82, 2.24) is 14.9 Å². The summed E-state index contributed by atoms with van der Waals surface area (Å²) >= 11 is 6.54. The Morgan fingerprint density at radius 3 is 2.62 bits per heavy atom. The molecule has 4 nitrogen and oxygen atoms in total. The van der Waals surface area contributed by atoms with E-state index in [2.05, 4.69) is 21.8 Å². The summed E-state index contributed by atoms with van der Waals surface area (Å²) in [6.45, 7) is 4.24. The van der Waals surface area contributed by atoms with Crippen LogP contribution in [0.25, 0.3) is 10.9 Å². The van der Waals surface area contributed by atoms with Crippen molar-refractivity contribution in [2.24, 2.45) is 5.92 Å². The van der Waals surface area contributed by atoms with Crippen LogP contribution in [0.1, 0.15) is 37.1 Å². The van der Waals surface area contributed by atoms with Crippen LogP contribution < -0.4 is 0 Å². The lowest BCUT2D eigenvalue weighted by Gasteiger charge is -2.37. The van der Waals surface area contributed by atoms with Gasteiger partial charge in [0.05, 0.1) is 16.8 Å². The van der Waals surface area contributed by atoms with E-state index in [1.54, 1.807) is 12.4 Å². The molecule has 1 saturated heterocycles. The van der Waals surface area contributed by atoms with Crippen molar-refractivity contribution in [3.8, 4) is 5.75 Å². The topological polar surface area (TPSA) is 49.2 Å². The zero-order valence-corrected chi connectivity index (χ0v) is 15.5. The van der Waals surface area contributed by atoms with Gasteiger partial charge in [-0.1, -0.05) is 24.6 Å². The van der Waals surface area contributed by atoms with E-state index in [4.69, 9.17) is 11.6 Å². The maximum Gasteiger partial charge on any atom is 0.147 e. The summed E-state index contributed by atoms with van der Waals surface area (Å²) in [4.78, 5) is 11.3. The number of benzene rings is 1. The Balaban J connectivity index is 1.87. The molecule has 0 aliphatic carbocycles. The number of piperidine rings is 1. The van der Waals surface area contributed by atoms with Gasteiger partial charge < -0.3 is 5.11 Å². The van der Waals surface area contributed by atoms with E-state index in [1.165, 1.54) is 0 Å². The third-order valence-electron chi connectivity index (χ3n) is 5.29. The highest BCUT2D eigenvalue weighted by Gasteiger charge is 2.30. The summed E-state index contributed by atoms with van der Waals surface area (Å²) in [5.74, 6) is 0.922. The molecule has 3 aromatic rings. The van der Waals surface area contributed by atoms with Crippen molar-refractivity contribution >= 4 is 22.5 Å². The summed E-state index contributed by atoms with van der Waals surface area (Å²) in [6.07, 6.45) is 5.76. The molecule has 0 unspecified atom stereocenters. The number of pyridine rings is 2. The summed E-state index contributed by atoms with van der Waals surface area (Å²) in [5.41, 5.74) is 2.24. The number of fused-ring (bicyclic) bond motifs is 1. The monoisotopic (exact) mass is 367 g/mol. The number of hydrogen-bond acceptors (Lipinski definition) is 4.